The summed E-state index contributed by atoms with van der Waals surface area (Å²) in [5.41, 5.74) is 3.95. The molecule has 2 aromatic carbocycles. The van der Waals surface area contributed by atoms with Crippen LogP contribution in [0.15, 0.2) is 60.7 Å². The normalized spacial score (nSPS) is 11.7. The number of hydrogen-bond donors (Lipinski definition) is 1. The first-order valence-electron chi connectivity index (χ1n) is 7.36. The van der Waals surface area contributed by atoms with Gasteiger partial charge in [0.2, 0.25) is 0 Å². The Hall–Kier alpha value is -2.42. The third-order valence-electron chi connectivity index (χ3n) is 3.47. The molecule has 2 nitrogen and oxygen atoms in total. The topological polar surface area (TPSA) is 33.1 Å². The molecule has 23 heavy (non-hydrogen) atoms. The van der Waals surface area contributed by atoms with E-state index in [2.05, 4.69) is 4.98 Å². The maximum atomic E-state index is 8.77. The van der Waals surface area contributed by atoms with Crippen LogP contribution in [0.5, 0.6) is 0 Å². The molecular formula is C20H16ClNO. The van der Waals surface area contributed by atoms with E-state index in [1.54, 1.807) is 6.08 Å². The van der Waals surface area contributed by atoms with Crippen molar-refractivity contribution in [2.45, 2.75) is 0 Å². The first-order chi connectivity index (χ1) is 11.2. The highest BCUT2D eigenvalue weighted by atomic mass is 35.5. The summed E-state index contributed by atoms with van der Waals surface area (Å²) in [6, 6.07) is 17.8. The van der Waals surface area contributed by atoms with Gasteiger partial charge in [0.15, 0.2) is 0 Å². The van der Waals surface area contributed by atoms with Gasteiger partial charge in [-0.2, -0.15) is 0 Å². The molecule has 0 radical (unpaired) electrons. The molecule has 0 fully saturated rings. The summed E-state index contributed by atoms with van der Waals surface area (Å²) < 4.78 is 0. The fourth-order valence-corrected chi connectivity index (χ4v) is 2.45. The highest BCUT2D eigenvalue weighted by Gasteiger charge is 1.97. The molecule has 1 N–H and O–H groups in total. The molecule has 0 aliphatic heterocycles. The van der Waals surface area contributed by atoms with Crippen molar-refractivity contribution in [2.24, 2.45) is 0 Å². The molecule has 1 aromatic heterocycles. The van der Waals surface area contributed by atoms with Crippen molar-refractivity contribution in [2.75, 3.05) is 6.61 Å². The van der Waals surface area contributed by atoms with Crippen molar-refractivity contribution in [3.8, 4) is 0 Å². The largest absolute Gasteiger partial charge is 0.392 e. The number of hydrogen-bond acceptors (Lipinski definition) is 2. The van der Waals surface area contributed by atoms with E-state index in [-0.39, 0.29) is 6.61 Å². The van der Waals surface area contributed by atoms with Gasteiger partial charge in [-0.25, -0.2) is 4.98 Å². The van der Waals surface area contributed by atoms with Crippen LogP contribution in [-0.4, -0.2) is 16.7 Å². The van der Waals surface area contributed by atoms with Crippen LogP contribution in [0.25, 0.3) is 29.1 Å². The van der Waals surface area contributed by atoms with Crippen molar-refractivity contribution >= 4 is 40.7 Å². The lowest BCUT2D eigenvalue weighted by Crippen LogP contribution is -1.83. The molecule has 0 aliphatic rings. The molecule has 3 heteroatoms. The van der Waals surface area contributed by atoms with E-state index in [4.69, 9.17) is 16.7 Å². The Morgan fingerprint density at radius 1 is 0.870 bits per heavy atom. The summed E-state index contributed by atoms with van der Waals surface area (Å²) >= 11 is 6.02. The fourth-order valence-electron chi connectivity index (χ4n) is 2.29. The number of benzene rings is 2. The Kier molecular flexibility index (Phi) is 4.86. The van der Waals surface area contributed by atoms with Crippen LogP contribution in [0, 0.1) is 0 Å². The second-order valence-corrected chi connectivity index (χ2v) is 5.59. The monoisotopic (exact) mass is 321 g/mol. The molecule has 3 rings (SSSR count). The summed E-state index contributed by atoms with van der Waals surface area (Å²) in [7, 11) is 0. The van der Waals surface area contributed by atoms with Gasteiger partial charge in [-0.1, -0.05) is 66.2 Å². The number of halogens is 1. The molecule has 1 heterocycles. The van der Waals surface area contributed by atoms with E-state index >= 15 is 0 Å². The molecule has 3 aromatic rings. The maximum Gasteiger partial charge on any atom is 0.0724 e. The highest BCUT2D eigenvalue weighted by molar-refractivity contribution is 6.31. The van der Waals surface area contributed by atoms with Gasteiger partial charge >= 0.3 is 0 Å². The minimum atomic E-state index is 0.0549. The highest BCUT2D eigenvalue weighted by Crippen LogP contribution is 2.19. The number of pyridine rings is 1. The lowest BCUT2D eigenvalue weighted by atomic mass is 10.1. The molecule has 0 amide bonds. The van der Waals surface area contributed by atoms with Crippen molar-refractivity contribution in [1.29, 1.82) is 0 Å². The lowest BCUT2D eigenvalue weighted by molar-refractivity contribution is 0.343. The van der Waals surface area contributed by atoms with Crippen LogP contribution >= 0.6 is 11.6 Å². The second kappa shape index (κ2) is 7.23. The average Bonchev–Trinajstić information content (AvgIpc) is 2.58. The number of aliphatic hydroxyl groups excluding tert-OH is 1. The van der Waals surface area contributed by atoms with Crippen LogP contribution in [0.4, 0.5) is 0 Å². The maximum absolute atomic E-state index is 8.77. The van der Waals surface area contributed by atoms with Crippen LogP contribution in [0.2, 0.25) is 5.02 Å². The summed E-state index contributed by atoms with van der Waals surface area (Å²) in [5, 5.41) is 10.5. The molecule has 0 atom stereocenters. The summed E-state index contributed by atoms with van der Waals surface area (Å²) in [5.74, 6) is 0. The van der Waals surface area contributed by atoms with Crippen LogP contribution < -0.4 is 0 Å². The number of rotatable bonds is 4. The van der Waals surface area contributed by atoms with Crippen molar-refractivity contribution in [3.63, 3.8) is 0 Å². The first-order valence-corrected chi connectivity index (χ1v) is 7.74. The summed E-state index contributed by atoms with van der Waals surface area (Å²) in [6.07, 6.45) is 7.62. The van der Waals surface area contributed by atoms with Crippen molar-refractivity contribution in [3.05, 3.63) is 82.5 Å². The SMILES string of the molecule is OCC=Cc1ccc(C=Cc2ccc3ccc(Cl)cc3n2)cc1. The smallest absolute Gasteiger partial charge is 0.0724 e. The molecule has 114 valence electrons. The lowest BCUT2D eigenvalue weighted by Gasteiger charge is -2.00. The molecular weight excluding hydrogens is 306 g/mol. The third-order valence-corrected chi connectivity index (χ3v) is 3.71. The number of fused-ring (bicyclic) bond motifs is 1. The van der Waals surface area contributed by atoms with E-state index < -0.39 is 0 Å². The number of aromatic nitrogens is 1. The Morgan fingerprint density at radius 2 is 1.57 bits per heavy atom. The zero-order chi connectivity index (χ0) is 16.1. The summed E-state index contributed by atoms with van der Waals surface area (Å²) in [6.45, 7) is 0.0549. The minimum absolute atomic E-state index is 0.0549. The fraction of sp³-hybridized carbons (Fsp3) is 0.0500. The van der Waals surface area contributed by atoms with Crippen molar-refractivity contribution in [1.82, 2.24) is 4.98 Å². The van der Waals surface area contributed by atoms with Gasteiger partial charge in [-0.3, -0.25) is 0 Å². The Labute approximate surface area is 140 Å². The van der Waals surface area contributed by atoms with Gasteiger partial charge in [0.05, 0.1) is 17.8 Å². The standard InChI is InChI=1S/C20H16ClNO/c21-18-10-8-17-9-12-19(22-20(17)14-18)11-7-16-5-3-15(4-6-16)2-1-13-23/h1-12,14,23H,13H2. The van der Waals surface area contributed by atoms with Gasteiger partial charge in [0.25, 0.3) is 0 Å². The summed E-state index contributed by atoms with van der Waals surface area (Å²) in [4.78, 5) is 4.60. The Balaban J connectivity index is 1.80. The van der Waals surface area contributed by atoms with E-state index in [9.17, 15) is 0 Å². The van der Waals surface area contributed by atoms with Gasteiger partial charge < -0.3 is 5.11 Å². The first kappa shape index (κ1) is 15.5. The number of nitrogens with zero attached hydrogens (tertiary/aromatic N) is 1. The minimum Gasteiger partial charge on any atom is -0.392 e. The molecule has 0 bridgehead atoms. The van der Waals surface area contributed by atoms with E-state index in [1.807, 2.05) is 72.8 Å². The average molecular weight is 322 g/mol. The molecule has 0 spiro atoms. The van der Waals surface area contributed by atoms with Gasteiger partial charge in [-0.15, -0.1) is 0 Å². The van der Waals surface area contributed by atoms with Crippen molar-refractivity contribution < 1.29 is 5.11 Å². The molecule has 0 saturated carbocycles. The third kappa shape index (κ3) is 4.07. The predicted octanol–water partition coefficient (Wildman–Crippen LogP) is 5.06. The van der Waals surface area contributed by atoms with Gasteiger partial charge in [0, 0.05) is 10.4 Å². The Morgan fingerprint density at radius 3 is 2.30 bits per heavy atom. The zero-order valence-corrected chi connectivity index (χ0v) is 13.2. The number of aliphatic hydroxyl groups is 1. The zero-order valence-electron chi connectivity index (χ0n) is 12.5. The van der Waals surface area contributed by atoms with Crippen LogP contribution in [0.1, 0.15) is 16.8 Å². The Bertz CT molecular complexity index is 866. The van der Waals surface area contributed by atoms with Gasteiger partial charge in [-0.05, 0) is 35.4 Å². The molecule has 0 aliphatic carbocycles. The van der Waals surface area contributed by atoms with Crippen LogP contribution in [0.3, 0.4) is 0 Å². The quantitative estimate of drug-likeness (QED) is 0.728. The van der Waals surface area contributed by atoms with E-state index in [1.165, 1.54) is 0 Å². The molecule has 0 unspecified atom stereocenters. The predicted molar refractivity (Wildman–Crippen MR) is 98.2 cm³/mol. The van der Waals surface area contributed by atoms with E-state index in [0.717, 1.165) is 27.7 Å². The second-order valence-electron chi connectivity index (χ2n) is 5.16. The van der Waals surface area contributed by atoms with Crippen LogP contribution in [-0.2, 0) is 0 Å². The van der Waals surface area contributed by atoms with E-state index in [0.29, 0.717) is 5.02 Å². The van der Waals surface area contributed by atoms with Gasteiger partial charge in [0.1, 0.15) is 0 Å². The molecule has 0 saturated heterocycles.